The number of aryl methyl sites for hydroxylation is 1. The van der Waals surface area contributed by atoms with Crippen LogP contribution in [0.2, 0.25) is 0 Å². The van der Waals surface area contributed by atoms with E-state index in [1.165, 1.54) is 24.3 Å². The summed E-state index contributed by atoms with van der Waals surface area (Å²) in [5.41, 5.74) is 6.18. The zero-order valence-electron chi connectivity index (χ0n) is 12.0. The molecule has 1 saturated carbocycles. The van der Waals surface area contributed by atoms with Crippen molar-refractivity contribution in [3.05, 3.63) is 46.5 Å². The molecule has 1 aromatic carbocycles. The van der Waals surface area contributed by atoms with E-state index in [4.69, 9.17) is 5.73 Å². The molecule has 1 aliphatic rings. The maximum atomic E-state index is 12.3. The zero-order valence-corrected chi connectivity index (χ0v) is 12.8. The summed E-state index contributed by atoms with van der Waals surface area (Å²) in [6, 6.07) is 6.00. The van der Waals surface area contributed by atoms with E-state index in [0.717, 1.165) is 12.8 Å². The average Bonchev–Trinajstić information content (AvgIpc) is 3.27. The van der Waals surface area contributed by atoms with Crippen molar-refractivity contribution in [2.45, 2.75) is 30.7 Å². The van der Waals surface area contributed by atoms with Crippen LogP contribution in [0.25, 0.3) is 0 Å². The van der Waals surface area contributed by atoms with Crippen molar-refractivity contribution < 1.29 is 8.42 Å². The number of nitrogen functional groups attached to an aromatic ring is 1. The summed E-state index contributed by atoms with van der Waals surface area (Å²) in [6.07, 6.45) is 3.56. The molecule has 2 aromatic rings. The summed E-state index contributed by atoms with van der Waals surface area (Å²) in [7, 11) is -3.80. The highest BCUT2D eigenvalue weighted by molar-refractivity contribution is 7.92. The van der Waals surface area contributed by atoms with Gasteiger partial charge in [0.2, 0.25) is 0 Å². The summed E-state index contributed by atoms with van der Waals surface area (Å²) in [4.78, 5) is 15.9. The van der Waals surface area contributed by atoms with E-state index >= 15 is 0 Å². The van der Waals surface area contributed by atoms with Gasteiger partial charge in [-0.1, -0.05) is 0 Å². The van der Waals surface area contributed by atoms with Crippen molar-refractivity contribution in [2.24, 2.45) is 0 Å². The van der Waals surface area contributed by atoms with Crippen LogP contribution < -0.4 is 16.1 Å². The van der Waals surface area contributed by atoms with Crippen molar-refractivity contribution in [3.63, 3.8) is 0 Å². The quantitative estimate of drug-likeness (QED) is 0.825. The van der Waals surface area contributed by atoms with Gasteiger partial charge < -0.3 is 5.73 Å². The van der Waals surface area contributed by atoms with Crippen LogP contribution in [0.1, 0.15) is 24.4 Å². The molecule has 0 spiro atoms. The van der Waals surface area contributed by atoms with Crippen molar-refractivity contribution >= 4 is 21.5 Å². The van der Waals surface area contributed by atoms with Gasteiger partial charge in [0.15, 0.2) is 0 Å². The van der Waals surface area contributed by atoms with Crippen LogP contribution in [0.15, 0.2) is 40.2 Å². The maximum absolute atomic E-state index is 12.3. The molecule has 0 radical (unpaired) electrons. The number of sulfonamides is 1. The molecule has 1 aliphatic carbocycles. The van der Waals surface area contributed by atoms with Crippen molar-refractivity contribution in [1.29, 1.82) is 0 Å². The van der Waals surface area contributed by atoms with E-state index < -0.39 is 15.7 Å². The lowest BCUT2D eigenvalue weighted by atomic mass is 10.3. The Hall–Kier alpha value is -2.35. The molecule has 0 aliphatic heterocycles. The number of nitrogens with one attached hydrogen (secondary N) is 1. The largest absolute Gasteiger partial charge is 0.399 e. The van der Waals surface area contributed by atoms with E-state index in [-0.39, 0.29) is 16.8 Å². The summed E-state index contributed by atoms with van der Waals surface area (Å²) in [5.74, 6) is 0.0544. The molecule has 3 N–H and O–H groups in total. The van der Waals surface area contributed by atoms with E-state index in [1.54, 1.807) is 17.7 Å². The molecular formula is C14H16N4O3S. The molecule has 0 atom stereocenters. The van der Waals surface area contributed by atoms with Crippen LogP contribution >= 0.6 is 0 Å². The first-order valence-electron chi connectivity index (χ1n) is 6.85. The lowest BCUT2D eigenvalue weighted by molar-refractivity contribution is 0.600. The third kappa shape index (κ3) is 2.82. The van der Waals surface area contributed by atoms with Gasteiger partial charge in [-0.05, 0) is 44.0 Å². The Balaban J connectivity index is 1.93. The molecule has 0 amide bonds. The topological polar surface area (TPSA) is 107 Å². The van der Waals surface area contributed by atoms with Gasteiger partial charge >= 0.3 is 5.69 Å². The van der Waals surface area contributed by atoms with Gasteiger partial charge in [-0.25, -0.2) is 13.2 Å². The molecule has 1 aromatic heterocycles. The van der Waals surface area contributed by atoms with Gasteiger partial charge in [-0.2, -0.15) is 4.98 Å². The minimum absolute atomic E-state index is 0.0544. The van der Waals surface area contributed by atoms with Crippen molar-refractivity contribution in [3.8, 4) is 0 Å². The number of nitrogens with zero attached hydrogens (tertiary/aromatic N) is 2. The van der Waals surface area contributed by atoms with Crippen molar-refractivity contribution in [2.75, 3.05) is 10.5 Å². The van der Waals surface area contributed by atoms with Crippen LogP contribution in [0.5, 0.6) is 0 Å². The molecule has 22 heavy (non-hydrogen) atoms. The van der Waals surface area contributed by atoms with Gasteiger partial charge in [-0.3, -0.25) is 9.29 Å². The molecule has 1 heterocycles. The van der Waals surface area contributed by atoms with Gasteiger partial charge in [0.1, 0.15) is 5.82 Å². The Morgan fingerprint density at radius 2 is 1.91 bits per heavy atom. The highest BCUT2D eigenvalue weighted by Crippen LogP contribution is 2.33. The maximum Gasteiger partial charge on any atom is 0.349 e. The second-order valence-electron chi connectivity index (χ2n) is 5.37. The van der Waals surface area contributed by atoms with Crippen LogP contribution in [0.3, 0.4) is 0 Å². The number of rotatable bonds is 4. The predicted octanol–water partition coefficient (Wildman–Crippen LogP) is 1.27. The Bertz CT molecular complexity index is 868. The Labute approximate surface area is 127 Å². The third-order valence-electron chi connectivity index (χ3n) is 3.50. The molecule has 0 saturated heterocycles. The van der Waals surface area contributed by atoms with Crippen LogP contribution in [-0.2, 0) is 10.0 Å². The second kappa shape index (κ2) is 5.13. The predicted molar refractivity (Wildman–Crippen MR) is 83.2 cm³/mol. The summed E-state index contributed by atoms with van der Waals surface area (Å²) in [5, 5.41) is 0. The van der Waals surface area contributed by atoms with Gasteiger partial charge in [0.25, 0.3) is 10.0 Å². The van der Waals surface area contributed by atoms with Crippen LogP contribution in [0.4, 0.5) is 11.5 Å². The Morgan fingerprint density at radius 1 is 1.27 bits per heavy atom. The third-order valence-corrected chi connectivity index (χ3v) is 4.85. The fourth-order valence-electron chi connectivity index (χ4n) is 2.12. The van der Waals surface area contributed by atoms with Crippen LogP contribution in [-0.4, -0.2) is 18.0 Å². The number of hydrogen-bond acceptors (Lipinski definition) is 5. The highest BCUT2D eigenvalue weighted by Gasteiger charge is 2.26. The second-order valence-corrected chi connectivity index (χ2v) is 7.05. The lowest BCUT2D eigenvalue weighted by Gasteiger charge is -2.11. The van der Waals surface area contributed by atoms with Crippen LogP contribution in [0, 0.1) is 6.92 Å². The SMILES string of the molecule is Cc1cn(C2CC2)c(=O)nc1NS(=O)(=O)c1ccc(N)cc1. The minimum Gasteiger partial charge on any atom is -0.399 e. The smallest absolute Gasteiger partial charge is 0.349 e. The molecule has 3 rings (SSSR count). The molecule has 8 heteroatoms. The summed E-state index contributed by atoms with van der Waals surface area (Å²) >= 11 is 0. The fraction of sp³-hybridized carbons (Fsp3) is 0.286. The van der Waals surface area contributed by atoms with E-state index in [2.05, 4.69) is 9.71 Å². The fourth-order valence-corrected chi connectivity index (χ4v) is 3.19. The number of benzene rings is 1. The number of anilines is 2. The molecule has 0 unspecified atom stereocenters. The molecule has 0 bridgehead atoms. The monoisotopic (exact) mass is 320 g/mol. The zero-order chi connectivity index (χ0) is 15.9. The molecule has 7 nitrogen and oxygen atoms in total. The first kappa shape index (κ1) is 14.6. The molecular weight excluding hydrogens is 304 g/mol. The first-order chi connectivity index (χ1) is 10.4. The normalized spacial score (nSPS) is 14.8. The molecule has 116 valence electrons. The Morgan fingerprint density at radius 3 is 2.50 bits per heavy atom. The minimum atomic E-state index is -3.80. The number of nitrogens with two attached hydrogens (primary N) is 1. The average molecular weight is 320 g/mol. The molecule has 1 fully saturated rings. The highest BCUT2D eigenvalue weighted by atomic mass is 32.2. The van der Waals surface area contributed by atoms with Gasteiger partial charge in [0.05, 0.1) is 4.90 Å². The van der Waals surface area contributed by atoms with E-state index in [0.29, 0.717) is 11.3 Å². The standard InChI is InChI=1S/C14H16N4O3S/c1-9-8-18(11-4-5-11)14(19)16-13(9)17-22(20,21)12-6-2-10(15)3-7-12/h2-3,6-8,11H,4-5,15H2,1H3,(H,16,17,19). The Kier molecular flexibility index (Phi) is 3.40. The first-order valence-corrected chi connectivity index (χ1v) is 8.33. The van der Waals surface area contributed by atoms with Gasteiger partial charge in [0, 0.05) is 23.5 Å². The number of aromatic nitrogens is 2. The van der Waals surface area contributed by atoms with E-state index in [9.17, 15) is 13.2 Å². The number of hydrogen-bond donors (Lipinski definition) is 2. The van der Waals surface area contributed by atoms with Crippen molar-refractivity contribution in [1.82, 2.24) is 9.55 Å². The summed E-state index contributed by atoms with van der Waals surface area (Å²) < 4.78 is 28.5. The van der Waals surface area contributed by atoms with Gasteiger partial charge in [-0.15, -0.1) is 0 Å². The van der Waals surface area contributed by atoms with E-state index in [1.807, 2.05) is 0 Å². The lowest BCUT2D eigenvalue weighted by Crippen LogP contribution is -2.25. The summed E-state index contributed by atoms with van der Waals surface area (Å²) in [6.45, 7) is 1.71.